The lowest BCUT2D eigenvalue weighted by atomic mass is 10.4. The molecule has 0 aliphatic carbocycles. The Balaban J connectivity index is 2.12. The van der Waals surface area contributed by atoms with Gasteiger partial charge in [-0.2, -0.15) is 0 Å². The van der Waals surface area contributed by atoms with Gasteiger partial charge >= 0.3 is 0 Å². The number of H-pyrrole nitrogens is 1. The van der Waals surface area contributed by atoms with E-state index in [0.29, 0.717) is 16.6 Å². The van der Waals surface area contributed by atoms with Gasteiger partial charge in [0, 0.05) is 30.1 Å². The van der Waals surface area contributed by atoms with Gasteiger partial charge in [0.1, 0.15) is 11.6 Å². The molecule has 2 N–H and O–H groups in total. The van der Waals surface area contributed by atoms with E-state index in [1.54, 1.807) is 6.92 Å². The van der Waals surface area contributed by atoms with Crippen LogP contribution < -0.4 is 10.9 Å². The predicted molar refractivity (Wildman–Crippen MR) is 80.1 cm³/mol. The molecule has 2 heterocycles. The zero-order chi connectivity index (χ0) is 14.5. The maximum atomic E-state index is 11.4. The minimum absolute atomic E-state index is 0.140. The fourth-order valence-corrected chi connectivity index (χ4v) is 2.50. The molecule has 0 aliphatic rings. The number of nitrogens with zero attached hydrogens (tertiary/aromatic N) is 3. The third-order valence-corrected chi connectivity index (χ3v) is 3.31. The van der Waals surface area contributed by atoms with Crippen molar-refractivity contribution < 1.29 is 0 Å². The standard InChI is InChI=1S/C13H17N5OS/c1-4-14-10-5-8(2)15-11(17-10)7-20-13-16-9(3)6-12(19)18-13/h5-6H,4,7H2,1-3H3,(H,14,15,17)(H,16,18,19). The van der Waals surface area contributed by atoms with Gasteiger partial charge in [0.15, 0.2) is 5.16 Å². The Bertz CT molecular complexity index is 655. The highest BCUT2D eigenvalue weighted by Crippen LogP contribution is 2.17. The van der Waals surface area contributed by atoms with Crippen LogP contribution in [0.4, 0.5) is 5.82 Å². The Hall–Kier alpha value is -1.89. The molecule has 0 saturated heterocycles. The summed E-state index contributed by atoms with van der Waals surface area (Å²) in [5, 5.41) is 3.76. The van der Waals surface area contributed by atoms with Gasteiger partial charge in [0.05, 0.1) is 5.75 Å². The van der Waals surface area contributed by atoms with E-state index in [4.69, 9.17) is 0 Å². The van der Waals surface area contributed by atoms with Crippen LogP contribution in [0.5, 0.6) is 0 Å². The Labute approximate surface area is 121 Å². The molecule has 0 fully saturated rings. The zero-order valence-corrected chi connectivity index (χ0v) is 12.5. The van der Waals surface area contributed by atoms with E-state index in [0.717, 1.165) is 23.9 Å². The minimum Gasteiger partial charge on any atom is -0.370 e. The van der Waals surface area contributed by atoms with Gasteiger partial charge < -0.3 is 10.3 Å². The molecule has 2 rings (SSSR count). The van der Waals surface area contributed by atoms with Crippen molar-refractivity contribution >= 4 is 17.6 Å². The fourth-order valence-electron chi connectivity index (χ4n) is 1.72. The molecule has 2 aromatic heterocycles. The predicted octanol–water partition coefficient (Wildman–Crippen LogP) is 1.90. The first-order valence-corrected chi connectivity index (χ1v) is 7.34. The monoisotopic (exact) mass is 291 g/mol. The SMILES string of the molecule is CCNc1cc(C)nc(CSc2nc(C)cc(=O)[nH]2)n1. The Morgan fingerprint density at radius 3 is 2.65 bits per heavy atom. The summed E-state index contributed by atoms with van der Waals surface area (Å²) in [4.78, 5) is 27.1. The summed E-state index contributed by atoms with van der Waals surface area (Å²) in [7, 11) is 0. The lowest BCUT2D eigenvalue weighted by Crippen LogP contribution is -2.08. The number of aromatic nitrogens is 4. The summed E-state index contributed by atoms with van der Waals surface area (Å²) < 4.78 is 0. The van der Waals surface area contributed by atoms with Crippen molar-refractivity contribution in [1.82, 2.24) is 19.9 Å². The first-order valence-electron chi connectivity index (χ1n) is 6.36. The second-order valence-corrected chi connectivity index (χ2v) is 5.29. The van der Waals surface area contributed by atoms with Crippen molar-refractivity contribution in [3.63, 3.8) is 0 Å². The van der Waals surface area contributed by atoms with E-state index < -0.39 is 0 Å². The summed E-state index contributed by atoms with van der Waals surface area (Å²) in [6, 6.07) is 3.38. The maximum Gasteiger partial charge on any atom is 0.251 e. The van der Waals surface area contributed by atoms with Crippen LogP contribution in [0.2, 0.25) is 0 Å². The molecule has 0 aromatic carbocycles. The summed E-state index contributed by atoms with van der Waals surface area (Å²) in [6.45, 7) is 6.57. The quantitative estimate of drug-likeness (QED) is 0.646. The van der Waals surface area contributed by atoms with Crippen molar-refractivity contribution in [3.8, 4) is 0 Å². The average molecular weight is 291 g/mol. The summed E-state index contributed by atoms with van der Waals surface area (Å²) >= 11 is 1.42. The summed E-state index contributed by atoms with van der Waals surface area (Å²) in [5.41, 5.74) is 1.48. The molecule has 0 aliphatic heterocycles. The fraction of sp³-hybridized carbons (Fsp3) is 0.385. The van der Waals surface area contributed by atoms with Crippen molar-refractivity contribution in [1.29, 1.82) is 0 Å². The molecule has 0 atom stereocenters. The van der Waals surface area contributed by atoms with Crippen LogP contribution in [-0.2, 0) is 5.75 Å². The van der Waals surface area contributed by atoms with Gasteiger partial charge in [-0.05, 0) is 20.8 Å². The van der Waals surface area contributed by atoms with Gasteiger partial charge in [0.2, 0.25) is 0 Å². The number of aromatic amines is 1. The second kappa shape index (κ2) is 6.51. The third-order valence-electron chi connectivity index (χ3n) is 2.44. The molecular formula is C13H17N5OS. The van der Waals surface area contributed by atoms with Crippen LogP contribution >= 0.6 is 11.8 Å². The summed E-state index contributed by atoms with van der Waals surface area (Å²) in [5.74, 6) is 2.10. The van der Waals surface area contributed by atoms with Crippen LogP contribution in [0.25, 0.3) is 0 Å². The van der Waals surface area contributed by atoms with Crippen LogP contribution in [0.15, 0.2) is 22.1 Å². The lowest BCUT2D eigenvalue weighted by Gasteiger charge is -2.06. The van der Waals surface area contributed by atoms with E-state index in [2.05, 4.69) is 25.3 Å². The smallest absolute Gasteiger partial charge is 0.251 e. The molecular weight excluding hydrogens is 274 g/mol. The Morgan fingerprint density at radius 1 is 1.20 bits per heavy atom. The first-order chi connectivity index (χ1) is 9.56. The molecule has 20 heavy (non-hydrogen) atoms. The molecule has 0 amide bonds. The third kappa shape index (κ3) is 4.06. The number of rotatable bonds is 5. The van der Waals surface area contributed by atoms with E-state index >= 15 is 0 Å². The van der Waals surface area contributed by atoms with Crippen molar-refractivity contribution in [2.24, 2.45) is 0 Å². The number of anilines is 1. The number of hydrogen-bond acceptors (Lipinski definition) is 6. The number of thioether (sulfide) groups is 1. The maximum absolute atomic E-state index is 11.4. The molecule has 0 saturated carbocycles. The minimum atomic E-state index is -0.140. The van der Waals surface area contributed by atoms with Gasteiger partial charge in [-0.3, -0.25) is 4.79 Å². The van der Waals surface area contributed by atoms with Crippen LogP contribution in [0, 0.1) is 13.8 Å². The van der Waals surface area contributed by atoms with Crippen LogP contribution in [-0.4, -0.2) is 26.5 Å². The van der Waals surface area contributed by atoms with E-state index in [1.807, 2.05) is 19.9 Å². The van der Waals surface area contributed by atoms with Crippen molar-refractivity contribution in [2.45, 2.75) is 31.7 Å². The molecule has 6 nitrogen and oxygen atoms in total. The number of nitrogens with one attached hydrogen (secondary N) is 2. The van der Waals surface area contributed by atoms with E-state index in [9.17, 15) is 4.79 Å². The highest BCUT2D eigenvalue weighted by molar-refractivity contribution is 7.98. The van der Waals surface area contributed by atoms with Gasteiger partial charge in [-0.1, -0.05) is 11.8 Å². The number of aryl methyl sites for hydroxylation is 2. The topological polar surface area (TPSA) is 83.6 Å². The highest BCUT2D eigenvalue weighted by atomic mass is 32.2. The van der Waals surface area contributed by atoms with Gasteiger partial charge in [-0.15, -0.1) is 0 Å². The zero-order valence-electron chi connectivity index (χ0n) is 11.7. The summed E-state index contributed by atoms with van der Waals surface area (Å²) in [6.07, 6.45) is 0. The Morgan fingerprint density at radius 2 is 1.95 bits per heavy atom. The van der Waals surface area contributed by atoms with Crippen LogP contribution in [0.3, 0.4) is 0 Å². The van der Waals surface area contributed by atoms with Crippen LogP contribution in [0.1, 0.15) is 24.1 Å². The van der Waals surface area contributed by atoms with Crippen molar-refractivity contribution in [3.05, 3.63) is 39.7 Å². The average Bonchev–Trinajstić information content (AvgIpc) is 2.35. The van der Waals surface area contributed by atoms with E-state index in [1.165, 1.54) is 17.8 Å². The molecule has 0 radical (unpaired) electrons. The molecule has 106 valence electrons. The van der Waals surface area contributed by atoms with E-state index in [-0.39, 0.29) is 5.56 Å². The largest absolute Gasteiger partial charge is 0.370 e. The Kier molecular flexibility index (Phi) is 4.73. The van der Waals surface area contributed by atoms with Crippen molar-refractivity contribution in [2.75, 3.05) is 11.9 Å². The first kappa shape index (κ1) is 14.5. The second-order valence-electron chi connectivity index (χ2n) is 4.32. The molecule has 0 spiro atoms. The molecule has 2 aromatic rings. The lowest BCUT2D eigenvalue weighted by molar-refractivity contribution is 0.900. The van der Waals surface area contributed by atoms with Gasteiger partial charge in [0.25, 0.3) is 5.56 Å². The molecule has 0 unspecified atom stereocenters. The molecule has 7 heteroatoms. The normalized spacial score (nSPS) is 10.6. The molecule has 0 bridgehead atoms. The van der Waals surface area contributed by atoms with Gasteiger partial charge in [-0.25, -0.2) is 15.0 Å². The highest BCUT2D eigenvalue weighted by Gasteiger charge is 2.05. The number of hydrogen-bond donors (Lipinski definition) is 2.